The molecule has 0 saturated carbocycles. The van der Waals surface area contributed by atoms with Gasteiger partial charge in [-0.1, -0.05) is 18.2 Å². The molecule has 0 unspecified atom stereocenters. The number of pyridine rings is 1. The zero-order valence-electron chi connectivity index (χ0n) is 14.1. The zero-order chi connectivity index (χ0) is 16.8. The summed E-state index contributed by atoms with van der Waals surface area (Å²) < 4.78 is 1.56. The minimum Gasteiger partial charge on any atom is -0.378 e. The highest BCUT2D eigenvalue weighted by atomic mass is 16.1. The molecule has 0 aliphatic rings. The van der Waals surface area contributed by atoms with Crippen LogP contribution in [0.3, 0.4) is 0 Å². The van der Waals surface area contributed by atoms with E-state index in [-0.39, 0.29) is 11.9 Å². The number of carbonyl (C=O) groups is 1. The molecule has 2 aromatic rings. The van der Waals surface area contributed by atoms with E-state index in [0.29, 0.717) is 5.49 Å². The lowest BCUT2D eigenvalue weighted by atomic mass is 10.2. The largest absolute Gasteiger partial charge is 0.378 e. The molecule has 0 saturated heterocycles. The summed E-state index contributed by atoms with van der Waals surface area (Å²) >= 11 is 0. The normalized spacial score (nSPS) is 12.1. The number of allylic oxidation sites excluding steroid dienone is 1. The first kappa shape index (κ1) is 16.7. The molecule has 0 spiro atoms. The first-order valence-corrected chi connectivity index (χ1v) is 7.68. The van der Waals surface area contributed by atoms with E-state index < -0.39 is 0 Å². The molecule has 0 bridgehead atoms. The average Bonchev–Trinajstić information content (AvgIpc) is 2.53. The number of benzene rings is 1. The van der Waals surface area contributed by atoms with Crippen molar-refractivity contribution >= 4 is 17.7 Å². The summed E-state index contributed by atoms with van der Waals surface area (Å²) in [7, 11) is 4.00. The van der Waals surface area contributed by atoms with Gasteiger partial charge in [-0.15, -0.1) is 0 Å². The molecular formula is C19H23N3O. The predicted molar refractivity (Wildman–Crippen MR) is 95.6 cm³/mol. The van der Waals surface area contributed by atoms with Crippen LogP contribution in [-0.2, 0) is 0 Å². The molecule has 0 aliphatic carbocycles. The second-order valence-corrected chi connectivity index (χ2v) is 5.81. The smallest absolute Gasteiger partial charge is 0.256 e. The fraction of sp³-hybridized carbons (Fsp3) is 0.263. The number of nitrogens with zero attached hydrogens (tertiary/aromatic N) is 3. The first-order valence-electron chi connectivity index (χ1n) is 7.68. The average molecular weight is 309 g/mol. The summed E-state index contributed by atoms with van der Waals surface area (Å²) in [5.41, 5.74) is 2.78. The van der Waals surface area contributed by atoms with Crippen molar-refractivity contribution in [1.82, 2.24) is 4.57 Å². The van der Waals surface area contributed by atoms with E-state index in [9.17, 15) is 4.79 Å². The van der Waals surface area contributed by atoms with Gasteiger partial charge in [0.05, 0.1) is 0 Å². The van der Waals surface area contributed by atoms with Gasteiger partial charge in [-0.2, -0.15) is 0 Å². The molecular weight excluding hydrogens is 286 g/mol. The highest BCUT2D eigenvalue weighted by Gasteiger charge is 2.01. The highest BCUT2D eigenvalue weighted by molar-refractivity contribution is 5.93. The molecule has 4 heteroatoms. The van der Waals surface area contributed by atoms with Crippen LogP contribution in [0.4, 0.5) is 5.69 Å². The van der Waals surface area contributed by atoms with Gasteiger partial charge < -0.3 is 4.90 Å². The summed E-state index contributed by atoms with van der Waals surface area (Å²) in [6.07, 6.45) is 5.13. The summed E-state index contributed by atoms with van der Waals surface area (Å²) in [5, 5.41) is 0. The second kappa shape index (κ2) is 7.58. The summed E-state index contributed by atoms with van der Waals surface area (Å²) in [6, 6.07) is 13.7. The van der Waals surface area contributed by atoms with Crippen molar-refractivity contribution in [2.75, 3.05) is 19.0 Å². The van der Waals surface area contributed by atoms with Crippen LogP contribution in [0.15, 0.2) is 59.7 Å². The number of rotatable bonds is 4. The molecule has 120 valence electrons. The van der Waals surface area contributed by atoms with E-state index in [0.717, 1.165) is 11.3 Å². The lowest BCUT2D eigenvalue weighted by molar-refractivity contribution is 0.0964. The Morgan fingerprint density at radius 1 is 1.13 bits per heavy atom. The van der Waals surface area contributed by atoms with E-state index in [1.165, 1.54) is 0 Å². The van der Waals surface area contributed by atoms with E-state index in [1.807, 2.05) is 81.4 Å². The quantitative estimate of drug-likeness (QED) is 0.813. The molecule has 0 aliphatic heterocycles. The SMILES string of the molecule is CC(C)N=c1ccccn1C(=O)/C=C/c1ccc(N(C)C)cc1. The van der Waals surface area contributed by atoms with Gasteiger partial charge in [-0.05, 0) is 49.8 Å². The van der Waals surface area contributed by atoms with Gasteiger partial charge in [-0.25, -0.2) is 0 Å². The molecule has 23 heavy (non-hydrogen) atoms. The molecule has 2 rings (SSSR count). The van der Waals surface area contributed by atoms with Crippen molar-refractivity contribution in [1.29, 1.82) is 0 Å². The number of anilines is 1. The first-order chi connectivity index (χ1) is 11.0. The van der Waals surface area contributed by atoms with Gasteiger partial charge in [0.15, 0.2) is 0 Å². The van der Waals surface area contributed by atoms with E-state index >= 15 is 0 Å². The molecule has 0 N–H and O–H groups in total. The topological polar surface area (TPSA) is 37.6 Å². The van der Waals surface area contributed by atoms with E-state index in [4.69, 9.17) is 0 Å². The van der Waals surface area contributed by atoms with Crippen molar-refractivity contribution in [3.8, 4) is 0 Å². The monoisotopic (exact) mass is 309 g/mol. The minimum absolute atomic E-state index is 0.110. The van der Waals surface area contributed by atoms with E-state index in [2.05, 4.69) is 4.99 Å². The molecule has 4 nitrogen and oxygen atoms in total. The van der Waals surface area contributed by atoms with Crippen molar-refractivity contribution < 1.29 is 4.79 Å². The molecule has 0 atom stereocenters. The predicted octanol–water partition coefficient (Wildman–Crippen LogP) is 3.22. The summed E-state index contributed by atoms with van der Waals surface area (Å²) in [4.78, 5) is 18.9. The number of hydrogen-bond acceptors (Lipinski definition) is 3. The fourth-order valence-electron chi connectivity index (χ4n) is 2.12. The van der Waals surface area contributed by atoms with Crippen LogP contribution in [0.25, 0.3) is 6.08 Å². The molecule has 0 fully saturated rings. The van der Waals surface area contributed by atoms with Crippen LogP contribution in [-0.4, -0.2) is 30.6 Å². The number of hydrogen-bond donors (Lipinski definition) is 0. The van der Waals surface area contributed by atoms with Crippen LogP contribution >= 0.6 is 0 Å². The standard InChI is InChI=1S/C19H23N3O/c1-15(2)20-18-7-5-6-14-22(18)19(23)13-10-16-8-11-17(12-9-16)21(3)4/h5-15H,1-4H3/b13-10+,20-18?. The van der Waals surface area contributed by atoms with Crippen molar-refractivity contribution in [3.63, 3.8) is 0 Å². The Morgan fingerprint density at radius 3 is 2.43 bits per heavy atom. The maximum atomic E-state index is 12.4. The second-order valence-electron chi connectivity index (χ2n) is 5.81. The Morgan fingerprint density at radius 2 is 1.83 bits per heavy atom. The van der Waals surface area contributed by atoms with Gasteiger partial charge >= 0.3 is 0 Å². The Hall–Kier alpha value is -2.62. The van der Waals surface area contributed by atoms with Gasteiger partial charge in [0.1, 0.15) is 5.49 Å². The lowest BCUT2D eigenvalue weighted by Crippen LogP contribution is -2.26. The third-order valence-corrected chi connectivity index (χ3v) is 3.29. The van der Waals surface area contributed by atoms with Crippen LogP contribution in [0.5, 0.6) is 0 Å². The van der Waals surface area contributed by atoms with Gasteiger partial charge in [0, 0.05) is 38.1 Å². The third-order valence-electron chi connectivity index (χ3n) is 3.29. The Bertz CT molecular complexity index is 753. The molecule has 0 amide bonds. The van der Waals surface area contributed by atoms with Gasteiger partial charge in [0.2, 0.25) is 0 Å². The third kappa shape index (κ3) is 4.68. The minimum atomic E-state index is -0.110. The van der Waals surface area contributed by atoms with E-state index in [1.54, 1.807) is 16.8 Å². The molecule has 1 heterocycles. The van der Waals surface area contributed by atoms with Gasteiger partial charge in [0.25, 0.3) is 5.91 Å². The van der Waals surface area contributed by atoms with Crippen LogP contribution in [0.2, 0.25) is 0 Å². The van der Waals surface area contributed by atoms with Crippen LogP contribution in [0.1, 0.15) is 24.2 Å². The van der Waals surface area contributed by atoms with Gasteiger partial charge in [-0.3, -0.25) is 14.4 Å². The number of carbonyl (C=O) groups excluding carboxylic acids is 1. The zero-order valence-corrected chi connectivity index (χ0v) is 14.1. The lowest BCUT2D eigenvalue weighted by Gasteiger charge is -2.11. The van der Waals surface area contributed by atoms with Crippen LogP contribution < -0.4 is 10.4 Å². The fourth-order valence-corrected chi connectivity index (χ4v) is 2.12. The summed E-state index contributed by atoms with van der Waals surface area (Å²) in [6.45, 7) is 3.98. The Balaban J connectivity index is 2.22. The summed E-state index contributed by atoms with van der Waals surface area (Å²) in [5.74, 6) is -0.110. The maximum Gasteiger partial charge on any atom is 0.256 e. The van der Waals surface area contributed by atoms with Crippen molar-refractivity contribution in [2.24, 2.45) is 4.99 Å². The van der Waals surface area contributed by atoms with Crippen LogP contribution in [0, 0.1) is 0 Å². The highest BCUT2D eigenvalue weighted by Crippen LogP contribution is 2.13. The Kier molecular flexibility index (Phi) is 5.52. The van der Waals surface area contributed by atoms with Crippen molar-refractivity contribution in [3.05, 3.63) is 65.8 Å². The maximum absolute atomic E-state index is 12.4. The molecule has 0 radical (unpaired) electrons. The Labute approximate surface area is 137 Å². The number of aromatic nitrogens is 1. The molecule has 1 aromatic carbocycles. The van der Waals surface area contributed by atoms with Crippen molar-refractivity contribution in [2.45, 2.75) is 19.9 Å². The molecule has 1 aromatic heterocycles.